The van der Waals surface area contributed by atoms with Gasteiger partial charge >= 0.3 is 0 Å². The predicted octanol–water partition coefficient (Wildman–Crippen LogP) is 20.1. The number of fused-ring (bicyclic) bond motifs is 5. The second-order valence-electron chi connectivity index (χ2n) is 24.4. The predicted molar refractivity (Wildman–Crippen MR) is 310 cm³/mol. The topological polar surface area (TPSA) is 6.48 Å². The summed E-state index contributed by atoms with van der Waals surface area (Å²) in [6, 6.07) is 48.1. The van der Waals surface area contributed by atoms with Gasteiger partial charge in [0, 0.05) is 33.5 Å². The van der Waals surface area contributed by atoms with Gasteiger partial charge in [-0.15, -0.1) is 0 Å². The van der Waals surface area contributed by atoms with Crippen molar-refractivity contribution in [2.24, 2.45) is 0 Å². The molecule has 0 spiro atoms. The van der Waals surface area contributed by atoms with Crippen molar-refractivity contribution in [1.82, 2.24) is 0 Å². The maximum absolute atomic E-state index is 2.61. The first-order valence-corrected chi connectivity index (χ1v) is 26.4. The molecule has 0 saturated carbocycles. The Morgan fingerprint density at radius 1 is 0.300 bits per heavy atom. The van der Waals surface area contributed by atoms with Gasteiger partial charge in [-0.3, -0.25) is 0 Å². The lowest BCUT2D eigenvalue weighted by atomic mass is 9.80. The molecule has 0 atom stereocenters. The summed E-state index contributed by atoms with van der Waals surface area (Å²) in [6.07, 6.45) is 3.92. The van der Waals surface area contributed by atoms with E-state index in [-0.39, 0.29) is 21.7 Å². The summed E-state index contributed by atoms with van der Waals surface area (Å²) in [4.78, 5) is 5.21. The van der Waals surface area contributed by atoms with Crippen molar-refractivity contribution in [1.29, 1.82) is 0 Å². The quantitative estimate of drug-likeness (QED) is 0.126. The van der Waals surface area contributed by atoms with Crippen LogP contribution in [0.4, 0.5) is 34.1 Å². The molecule has 8 rings (SSSR count). The average Bonchev–Trinajstić information content (AvgIpc) is 3.31. The molecule has 0 amide bonds. The summed E-state index contributed by atoms with van der Waals surface area (Å²) < 4.78 is 0. The summed E-state index contributed by atoms with van der Waals surface area (Å²) in [7, 11) is 0. The van der Waals surface area contributed by atoms with Crippen molar-refractivity contribution in [2.75, 3.05) is 9.80 Å². The van der Waals surface area contributed by atoms with Crippen molar-refractivity contribution >= 4 is 66.4 Å². The molecule has 2 nitrogen and oxygen atoms in total. The van der Waals surface area contributed by atoms with E-state index < -0.39 is 0 Å². The summed E-state index contributed by atoms with van der Waals surface area (Å²) in [5.74, 6) is 0. The fourth-order valence-corrected chi connectivity index (χ4v) is 10.7. The molecule has 0 aromatic heterocycles. The molecule has 0 unspecified atom stereocenters. The molecule has 0 heterocycles. The van der Waals surface area contributed by atoms with Crippen LogP contribution in [0, 0.1) is 13.8 Å². The first-order valence-electron chi connectivity index (χ1n) is 26.4. The maximum Gasteiger partial charge on any atom is 0.0546 e. The minimum absolute atomic E-state index is 0.0463. The van der Waals surface area contributed by atoms with Crippen LogP contribution >= 0.6 is 0 Å². The van der Waals surface area contributed by atoms with Crippen LogP contribution < -0.4 is 9.80 Å². The molecule has 70 heavy (non-hydrogen) atoms. The Labute approximate surface area is 423 Å². The van der Waals surface area contributed by atoms with Crippen LogP contribution in [0.25, 0.3) is 32.3 Å². The number of hydrogen-bond donors (Lipinski definition) is 0. The highest BCUT2D eigenvalue weighted by Gasteiger charge is 2.29. The number of rotatable bonds is 10. The Kier molecular flexibility index (Phi) is 13.5. The van der Waals surface area contributed by atoms with Crippen LogP contribution in [0.5, 0.6) is 0 Å². The Hall–Kier alpha value is -5.86. The van der Waals surface area contributed by atoms with Crippen LogP contribution in [-0.4, -0.2) is 0 Å². The van der Waals surface area contributed by atoms with E-state index in [1.807, 2.05) is 0 Å². The second-order valence-corrected chi connectivity index (χ2v) is 24.4. The molecule has 0 bridgehead atoms. The third kappa shape index (κ3) is 9.53. The van der Waals surface area contributed by atoms with Crippen LogP contribution in [0.3, 0.4) is 0 Å². The van der Waals surface area contributed by atoms with E-state index in [0.717, 1.165) is 25.7 Å². The van der Waals surface area contributed by atoms with E-state index in [9.17, 15) is 0 Å². The molecular formula is C68H82N2. The SMILES string of the molecule is CCc1cc(N(c2cc(C(C)(C)C)cc(C(C)(C)C)c2)c2cc3c4ccccc4c(N(c4cc(C(C)(C)C)cc(C(C)(C)C)c4)c4cc(CC)c(C)c(CC)c4)cc3c3ccccc23)cc(CC)c1C. The zero-order valence-corrected chi connectivity index (χ0v) is 46.3. The fourth-order valence-electron chi connectivity index (χ4n) is 10.7. The smallest absolute Gasteiger partial charge is 0.0546 e. The number of nitrogens with zero attached hydrogens (tertiary/aromatic N) is 2. The molecule has 0 saturated heterocycles. The zero-order chi connectivity index (χ0) is 50.8. The van der Waals surface area contributed by atoms with Crippen molar-refractivity contribution in [3.8, 4) is 0 Å². The van der Waals surface area contributed by atoms with Crippen molar-refractivity contribution in [3.63, 3.8) is 0 Å². The molecule has 0 aliphatic rings. The van der Waals surface area contributed by atoms with E-state index in [2.05, 4.69) is 256 Å². The first-order chi connectivity index (χ1) is 32.9. The molecule has 8 aromatic carbocycles. The largest absolute Gasteiger partial charge is 0.310 e. The normalized spacial score (nSPS) is 12.7. The van der Waals surface area contributed by atoms with E-state index in [0.29, 0.717) is 0 Å². The van der Waals surface area contributed by atoms with Gasteiger partial charge in [-0.2, -0.15) is 0 Å². The summed E-state index contributed by atoms with van der Waals surface area (Å²) in [5.41, 5.74) is 20.9. The van der Waals surface area contributed by atoms with Gasteiger partial charge in [0.15, 0.2) is 0 Å². The van der Waals surface area contributed by atoms with E-state index in [1.54, 1.807) is 0 Å². The molecule has 8 aromatic rings. The average molecular weight is 927 g/mol. The van der Waals surface area contributed by atoms with Gasteiger partial charge in [0.25, 0.3) is 0 Å². The molecule has 0 N–H and O–H groups in total. The third-order valence-electron chi connectivity index (χ3n) is 15.4. The van der Waals surface area contributed by atoms with Gasteiger partial charge in [-0.25, -0.2) is 0 Å². The van der Waals surface area contributed by atoms with E-state index >= 15 is 0 Å². The summed E-state index contributed by atoms with van der Waals surface area (Å²) in [6.45, 7) is 42.1. The highest BCUT2D eigenvalue weighted by atomic mass is 15.2. The highest BCUT2D eigenvalue weighted by molar-refractivity contribution is 6.24. The number of aryl methyl sites for hydroxylation is 4. The van der Waals surface area contributed by atoms with Gasteiger partial charge < -0.3 is 9.80 Å². The van der Waals surface area contributed by atoms with Crippen molar-refractivity contribution < 1.29 is 0 Å². The van der Waals surface area contributed by atoms with Gasteiger partial charge in [-0.05, 0) is 199 Å². The Morgan fingerprint density at radius 2 is 0.543 bits per heavy atom. The first kappa shape index (κ1) is 50.5. The van der Waals surface area contributed by atoms with Crippen LogP contribution in [0.15, 0.2) is 121 Å². The van der Waals surface area contributed by atoms with E-state index in [4.69, 9.17) is 0 Å². The molecule has 0 aliphatic heterocycles. The monoisotopic (exact) mass is 927 g/mol. The minimum Gasteiger partial charge on any atom is -0.310 e. The van der Waals surface area contributed by atoms with E-state index in [1.165, 1.54) is 122 Å². The van der Waals surface area contributed by atoms with Gasteiger partial charge in [0.2, 0.25) is 0 Å². The standard InChI is InChI=1S/C68H82N2/c1-19-45-31-53(32-46(20-2)43(45)5)69(55-37-49(65(7,8)9)35-50(38-55)66(10,11)12)63-41-61-58-28-24-26-30-60(58)64(42-62(61)57-27-23-25-29-59(57)63)70(54-33-47(21-3)44(6)48(22-4)34-54)56-39-51(67(13,14)15)36-52(40-56)68(16,17)18/h23-42H,19-22H2,1-18H3. The molecule has 0 aliphatic carbocycles. The van der Waals surface area contributed by atoms with Crippen LogP contribution in [-0.2, 0) is 47.3 Å². The molecular weight excluding hydrogens is 845 g/mol. The second kappa shape index (κ2) is 18.7. The maximum atomic E-state index is 2.61. The molecule has 0 fully saturated rings. The number of benzene rings is 8. The van der Waals surface area contributed by atoms with Crippen LogP contribution in [0.1, 0.15) is 166 Å². The fraction of sp³-hybridized carbons (Fsp3) is 0.382. The lowest BCUT2D eigenvalue weighted by Gasteiger charge is -2.34. The zero-order valence-electron chi connectivity index (χ0n) is 46.3. The molecule has 0 radical (unpaired) electrons. The van der Waals surface area contributed by atoms with Gasteiger partial charge in [0.1, 0.15) is 0 Å². The molecule has 2 heteroatoms. The van der Waals surface area contributed by atoms with Crippen molar-refractivity contribution in [3.05, 3.63) is 177 Å². The Bertz CT molecular complexity index is 2920. The highest BCUT2D eigenvalue weighted by Crippen LogP contribution is 2.50. The molecule has 364 valence electrons. The van der Waals surface area contributed by atoms with Gasteiger partial charge in [-0.1, -0.05) is 171 Å². The number of hydrogen-bond acceptors (Lipinski definition) is 2. The lowest BCUT2D eigenvalue weighted by Crippen LogP contribution is -2.20. The third-order valence-corrected chi connectivity index (χ3v) is 15.4. The van der Waals surface area contributed by atoms with Gasteiger partial charge in [0.05, 0.1) is 11.4 Å². The Balaban J connectivity index is 1.54. The van der Waals surface area contributed by atoms with Crippen LogP contribution in [0.2, 0.25) is 0 Å². The number of anilines is 6. The summed E-state index contributed by atoms with van der Waals surface area (Å²) >= 11 is 0. The van der Waals surface area contributed by atoms with Crippen molar-refractivity contribution in [2.45, 2.75) is 172 Å². The minimum atomic E-state index is -0.0463. The Morgan fingerprint density at radius 3 is 0.786 bits per heavy atom. The summed E-state index contributed by atoms with van der Waals surface area (Å²) in [5, 5.41) is 7.48. The lowest BCUT2D eigenvalue weighted by molar-refractivity contribution is 0.568.